The molecular weight excluding hydrogens is 578 g/mol. The number of rotatable bonds is 12. The van der Waals surface area contributed by atoms with Gasteiger partial charge < -0.3 is 34.9 Å². The molecule has 2 unspecified atom stereocenters. The van der Waals surface area contributed by atoms with Gasteiger partial charge in [-0.25, -0.2) is 4.79 Å². The molecule has 4 rings (SSSR count). The molecule has 3 N–H and O–H groups in total. The van der Waals surface area contributed by atoms with Crippen molar-refractivity contribution in [2.24, 2.45) is 0 Å². The van der Waals surface area contributed by atoms with Gasteiger partial charge in [0.05, 0.1) is 40.2 Å². The number of aryl methyl sites for hydroxylation is 1. The van der Waals surface area contributed by atoms with Gasteiger partial charge in [0.25, 0.3) is 0 Å². The summed E-state index contributed by atoms with van der Waals surface area (Å²) in [5, 5.41) is 8.87. The Morgan fingerprint density at radius 2 is 1.67 bits per heavy atom. The van der Waals surface area contributed by atoms with Crippen molar-refractivity contribution in [2.75, 3.05) is 40.3 Å². The topological polar surface area (TPSA) is 141 Å². The van der Waals surface area contributed by atoms with Crippen molar-refractivity contribution in [3.05, 3.63) is 81.5 Å². The highest BCUT2D eigenvalue weighted by molar-refractivity contribution is 5.86. The number of ether oxygens (including phenoxy) is 4. The summed E-state index contributed by atoms with van der Waals surface area (Å²) in [5.41, 5.74) is 3.75. The van der Waals surface area contributed by atoms with Crippen molar-refractivity contribution in [3.63, 3.8) is 0 Å². The number of esters is 1. The van der Waals surface area contributed by atoms with Gasteiger partial charge in [0, 0.05) is 25.5 Å². The molecule has 2 amide bonds. The molecule has 0 radical (unpaired) electrons. The smallest absolute Gasteiger partial charge is 0.333 e. The number of nitrogens with one attached hydrogen (secondary N) is 3. The van der Waals surface area contributed by atoms with Crippen LogP contribution in [0, 0.1) is 0 Å². The first kappa shape index (κ1) is 32.8. The summed E-state index contributed by atoms with van der Waals surface area (Å²) in [4.78, 5) is 50.7. The molecule has 11 nitrogen and oxygen atoms in total. The quantitative estimate of drug-likeness (QED) is 0.202. The molecule has 0 spiro atoms. The number of benzene rings is 2. The molecule has 0 saturated carbocycles. The second-order valence-electron chi connectivity index (χ2n) is 10.6. The Morgan fingerprint density at radius 3 is 2.31 bits per heavy atom. The molecule has 1 aliphatic rings. The Bertz CT molecular complexity index is 1610. The highest BCUT2D eigenvalue weighted by Gasteiger charge is 2.29. The Labute approximate surface area is 262 Å². The summed E-state index contributed by atoms with van der Waals surface area (Å²) in [6, 6.07) is 14.5. The number of hydrogen-bond donors (Lipinski definition) is 3. The maximum absolute atomic E-state index is 13.5. The lowest BCUT2D eigenvalue weighted by atomic mass is 9.95. The number of fused-ring (bicyclic) bond motifs is 3. The lowest BCUT2D eigenvalue weighted by Gasteiger charge is -2.19. The zero-order valence-electron chi connectivity index (χ0n) is 26.2. The van der Waals surface area contributed by atoms with E-state index in [4.69, 9.17) is 18.9 Å². The summed E-state index contributed by atoms with van der Waals surface area (Å²) >= 11 is 0. The van der Waals surface area contributed by atoms with Crippen LogP contribution >= 0.6 is 0 Å². The third-order valence-electron chi connectivity index (χ3n) is 7.69. The standard InChI is InChI=1S/C34H39N3O8/c1-20(38)36-25-15-13-22-18-28(42-2)32(43-3)33(44-4)30(22)23-14-16-26(27(39)19-24(23)25)35-17-9-12-29(40)37-31(34(41)45-5)21-10-7-6-8-11-21/h6-8,10-11,14,16,18-19,25,31H,9,12-13,15,17H2,1-5H3,(H,35,39)(H,36,38)(H,37,40). The summed E-state index contributed by atoms with van der Waals surface area (Å²) in [6.07, 6.45) is 1.66. The molecule has 0 saturated heterocycles. The molecule has 45 heavy (non-hydrogen) atoms. The van der Waals surface area contributed by atoms with Gasteiger partial charge >= 0.3 is 5.97 Å². The average Bonchev–Trinajstić information content (AvgIpc) is 3.29. The fourth-order valence-electron chi connectivity index (χ4n) is 5.60. The first-order valence-corrected chi connectivity index (χ1v) is 14.7. The summed E-state index contributed by atoms with van der Waals surface area (Å²) in [5.74, 6) is 0.315. The molecule has 1 aliphatic carbocycles. The molecular formula is C34H39N3O8. The van der Waals surface area contributed by atoms with Crippen molar-refractivity contribution in [1.82, 2.24) is 10.6 Å². The number of carbonyl (C=O) groups is 3. The highest BCUT2D eigenvalue weighted by atomic mass is 16.5. The molecule has 3 aromatic carbocycles. The van der Waals surface area contributed by atoms with Crippen LogP contribution in [0.4, 0.5) is 5.69 Å². The number of amides is 2. The van der Waals surface area contributed by atoms with E-state index >= 15 is 0 Å². The van der Waals surface area contributed by atoms with E-state index < -0.39 is 18.1 Å². The molecule has 0 fully saturated rings. The van der Waals surface area contributed by atoms with Gasteiger partial charge in [-0.2, -0.15) is 0 Å². The van der Waals surface area contributed by atoms with Gasteiger partial charge in [0.15, 0.2) is 17.5 Å². The number of anilines is 1. The Kier molecular flexibility index (Phi) is 11.0. The van der Waals surface area contributed by atoms with E-state index in [1.54, 1.807) is 44.6 Å². The predicted octanol–water partition coefficient (Wildman–Crippen LogP) is 4.09. The zero-order chi connectivity index (χ0) is 32.5. The first-order valence-electron chi connectivity index (χ1n) is 14.7. The van der Waals surface area contributed by atoms with E-state index in [9.17, 15) is 19.2 Å². The second kappa shape index (κ2) is 15.1. The molecule has 0 aliphatic heterocycles. The normalized spacial score (nSPS) is 14.0. The lowest BCUT2D eigenvalue weighted by Crippen LogP contribution is -2.34. The Balaban J connectivity index is 1.58. The van der Waals surface area contributed by atoms with Crippen molar-refractivity contribution >= 4 is 23.5 Å². The molecule has 3 aromatic rings. The minimum Gasteiger partial charge on any atom is -0.493 e. The third-order valence-corrected chi connectivity index (χ3v) is 7.69. The zero-order valence-corrected chi connectivity index (χ0v) is 26.2. The van der Waals surface area contributed by atoms with Crippen molar-refractivity contribution < 1.29 is 33.3 Å². The van der Waals surface area contributed by atoms with Crippen LogP contribution in [0.15, 0.2) is 59.4 Å². The van der Waals surface area contributed by atoms with Crippen molar-refractivity contribution in [3.8, 4) is 28.4 Å². The fourth-order valence-corrected chi connectivity index (χ4v) is 5.60. The molecule has 0 heterocycles. The van der Waals surface area contributed by atoms with Gasteiger partial charge in [-0.1, -0.05) is 36.4 Å². The number of carbonyl (C=O) groups excluding carboxylic acids is 3. The number of methoxy groups -OCH3 is 4. The van der Waals surface area contributed by atoms with E-state index in [1.807, 2.05) is 18.2 Å². The van der Waals surface area contributed by atoms with E-state index in [0.29, 0.717) is 59.9 Å². The maximum atomic E-state index is 13.5. The highest BCUT2D eigenvalue weighted by Crippen LogP contribution is 2.50. The average molecular weight is 618 g/mol. The molecule has 238 valence electrons. The van der Waals surface area contributed by atoms with E-state index in [1.165, 1.54) is 27.2 Å². The molecule has 0 bridgehead atoms. The van der Waals surface area contributed by atoms with Crippen LogP contribution in [0.25, 0.3) is 11.1 Å². The molecule has 11 heteroatoms. The van der Waals surface area contributed by atoms with Crippen LogP contribution in [0.5, 0.6) is 17.2 Å². The lowest BCUT2D eigenvalue weighted by molar-refractivity contribution is -0.145. The van der Waals surface area contributed by atoms with Crippen LogP contribution in [0.1, 0.15) is 55.0 Å². The van der Waals surface area contributed by atoms with Crippen molar-refractivity contribution in [1.29, 1.82) is 0 Å². The van der Waals surface area contributed by atoms with Gasteiger partial charge in [0.2, 0.25) is 23.0 Å². The monoisotopic (exact) mass is 617 g/mol. The largest absolute Gasteiger partial charge is 0.493 e. The minimum atomic E-state index is -0.913. The van der Waals surface area contributed by atoms with Gasteiger partial charge in [-0.15, -0.1) is 0 Å². The van der Waals surface area contributed by atoms with Gasteiger partial charge in [-0.3, -0.25) is 14.4 Å². The summed E-state index contributed by atoms with van der Waals surface area (Å²) in [7, 11) is 5.91. The van der Waals surface area contributed by atoms with Gasteiger partial charge in [0.1, 0.15) is 0 Å². The fraction of sp³-hybridized carbons (Fsp3) is 0.353. The molecule has 0 aromatic heterocycles. The Morgan fingerprint density at radius 1 is 0.933 bits per heavy atom. The Hall–Kier alpha value is -5.06. The van der Waals surface area contributed by atoms with E-state index in [2.05, 4.69) is 16.0 Å². The summed E-state index contributed by atoms with van der Waals surface area (Å²) < 4.78 is 21.9. The van der Waals surface area contributed by atoms with Crippen LogP contribution in [0.3, 0.4) is 0 Å². The van der Waals surface area contributed by atoms with E-state index in [-0.39, 0.29) is 23.7 Å². The number of hydrogen-bond acceptors (Lipinski definition) is 9. The predicted molar refractivity (Wildman–Crippen MR) is 170 cm³/mol. The van der Waals surface area contributed by atoms with Crippen molar-refractivity contribution in [2.45, 2.75) is 44.7 Å². The summed E-state index contributed by atoms with van der Waals surface area (Å²) in [6.45, 7) is 1.77. The van der Waals surface area contributed by atoms with Crippen LogP contribution in [-0.4, -0.2) is 52.8 Å². The van der Waals surface area contributed by atoms with Gasteiger partial charge in [-0.05, 0) is 59.7 Å². The van der Waals surface area contributed by atoms with Crippen LogP contribution in [-0.2, 0) is 25.5 Å². The van der Waals surface area contributed by atoms with Crippen LogP contribution in [0.2, 0.25) is 0 Å². The van der Waals surface area contributed by atoms with Crippen LogP contribution < -0.4 is 35.6 Å². The molecule has 2 atom stereocenters. The minimum absolute atomic E-state index is 0.119. The first-order chi connectivity index (χ1) is 21.7. The SMILES string of the molecule is COC(=O)C(NC(=O)CCCNc1ccc2c(cc1=O)C(NC(C)=O)CCc1cc(OC)c(OC)c(OC)c1-2)c1ccccc1. The van der Waals surface area contributed by atoms with E-state index in [0.717, 1.165) is 16.7 Å². The third kappa shape index (κ3) is 7.54. The maximum Gasteiger partial charge on any atom is 0.333 e. The second-order valence-corrected chi connectivity index (χ2v) is 10.6.